The number of rotatable bonds is 11. The molecule has 0 radical (unpaired) electrons. The summed E-state index contributed by atoms with van der Waals surface area (Å²) in [5, 5.41) is 51.4. The van der Waals surface area contributed by atoms with Crippen molar-refractivity contribution in [2.75, 3.05) is 59.6 Å². The summed E-state index contributed by atoms with van der Waals surface area (Å²) in [6, 6.07) is 22.9. The number of ether oxygens (including phenoxy) is 1. The van der Waals surface area contributed by atoms with Gasteiger partial charge in [-0.25, -0.2) is 9.98 Å². The number of quaternary nitrogens is 2. The summed E-state index contributed by atoms with van der Waals surface area (Å²) in [7, 11) is 1.51. The number of methoxy groups -OCH3 is 1. The van der Waals surface area contributed by atoms with Crippen molar-refractivity contribution in [1.82, 2.24) is 0 Å². The Hall–Kier alpha value is -3.01. The van der Waals surface area contributed by atoms with E-state index < -0.39 is 0 Å². The Bertz CT molecular complexity index is 2250. The van der Waals surface area contributed by atoms with Crippen molar-refractivity contribution in [3.63, 3.8) is 0 Å². The summed E-state index contributed by atoms with van der Waals surface area (Å²) in [5.41, 5.74) is 8.49. The normalized spacial score (nSPS) is 16.7. The van der Waals surface area contributed by atoms with Gasteiger partial charge in [-0.1, -0.05) is 196 Å². The molecule has 1 heterocycles. The molecule has 4 N–H and O–H groups in total. The van der Waals surface area contributed by atoms with Crippen LogP contribution in [0.25, 0.3) is 0 Å². The number of hydrogen-bond acceptors (Lipinski definition) is 5. The molecule has 0 spiro atoms. The zero-order valence-electron chi connectivity index (χ0n) is 48.7. The van der Waals surface area contributed by atoms with Gasteiger partial charge in [-0.05, 0) is 91.0 Å². The fourth-order valence-corrected chi connectivity index (χ4v) is 8.68. The van der Waals surface area contributed by atoms with E-state index in [0.717, 1.165) is 59.6 Å². The Balaban J connectivity index is 0.00000163. The topological polar surface area (TPSA) is 138 Å². The molecule has 2 unspecified atom stereocenters. The molecule has 0 saturated carbocycles. The van der Waals surface area contributed by atoms with E-state index in [9.17, 15) is 20.4 Å². The van der Waals surface area contributed by atoms with Gasteiger partial charge >= 0.3 is 46.1 Å². The van der Waals surface area contributed by atoms with Gasteiger partial charge in [0.2, 0.25) is 6.17 Å². The molecule has 11 heteroatoms. The molecule has 9 nitrogen and oxygen atoms in total. The molecular weight excluding hydrogens is 917 g/mol. The standard InChI is InChI=1S/C51H78N4O3.C7H8.C3H7O2.2Mg/c1-46(2,3)35-25-33(42(56)39(28-35)49(10,11)12)31-52-19-21-54-23-24-55(45(54)38-27-37(48(7,8)9)30-41(44(38)58)51(16,17)18)22-20-53-32-34-26-36(47(4,5)6)29-40(43(34)57)50(13,14)15;1-7-5-3-2-4-6-7;1-5-3-2-4;;/h25-32,45,56-58H,19-24H2,1-18H3;2-6H,1H3;2-3H2,1H3;;/q;;-1;2*+2/p+1. The van der Waals surface area contributed by atoms with Crippen LogP contribution in [0.5, 0.6) is 17.2 Å². The van der Waals surface area contributed by atoms with Crippen molar-refractivity contribution in [2.24, 2.45) is 0 Å². The average molecular weight is 1010 g/mol. The minimum atomic E-state index is -0.299. The molecule has 4 aromatic rings. The Morgan fingerprint density at radius 1 is 0.528 bits per heavy atom. The Kier molecular flexibility index (Phi) is 25.8. The summed E-state index contributed by atoms with van der Waals surface area (Å²) in [6.45, 7) is 45.9. The summed E-state index contributed by atoms with van der Waals surface area (Å²) < 4.78 is 4.38. The third-order valence-corrected chi connectivity index (χ3v) is 13.2. The van der Waals surface area contributed by atoms with Gasteiger partial charge in [-0.3, -0.25) is 9.80 Å². The fourth-order valence-electron chi connectivity index (χ4n) is 8.68. The van der Waals surface area contributed by atoms with E-state index in [4.69, 9.17) is 0 Å². The molecule has 1 aliphatic heterocycles. The van der Waals surface area contributed by atoms with Crippen molar-refractivity contribution in [3.8, 4) is 17.2 Å². The van der Waals surface area contributed by atoms with Gasteiger partial charge < -0.3 is 25.2 Å². The van der Waals surface area contributed by atoms with Crippen LogP contribution in [0.15, 0.2) is 66.7 Å². The van der Waals surface area contributed by atoms with Crippen LogP contribution in [0.1, 0.15) is 186 Å². The van der Waals surface area contributed by atoms with Gasteiger partial charge in [-0.15, -0.1) is 6.61 Å². The Morgan fingerprint density at radius 3 is 1.15 bits per heavy atom. The first kappa shape index (κ1) is 67.0. The van der Waals surface area contributed by atoms with Crippen molar-refractivity contribution in [1.29, 1.82) is 0 Å². The molecule has 388 valence electrons. The first-order valence-corrected chi connectivity index (χ1v) is 25.6. The minimum Gasteiger partial charge on any atom is -0.872 e. The van der Waals surface area contributed by atoms with Gasteiger partial charge in [0.15, 0.2) is 25.5 Å². The number of benzene rings is 4. The monoisotopic (exact) mass is 1010 g/mol. The maximum absolute atomic E-state index is 14.6. The zero-order chi connectivity index (χ0) is 53.2. The molecule has 0 aliphatic carbocycles. The predicted molar refractivity (Wildman–Crippen MR) is 295 cm³/mol. The molecule has 4 aromatic carbocycles. The molecule has 0 bridgehead atoms. The quantitative estimate of drug-likeness (QED) is 0.135. The number of nitrogens with one attached hydrogen (secondary N) is 4. The van der Waals surface area contributed by atoms with Crippen molar-refractivity contribution < 1.29 is 44.9 Å². The van der Waals surface area contributed by atoms with Crippen LogP contribution in [-0.2, 0) is 37.2 Å². The van der Waals surface area contributed by atoms with E-state index in [2.05, 4.69) is 183 Å². The largest absolute Gasteiger partial charge is 2.00 e. The second-order valence-corrected chi connectivity index (χ2v) is 25.6. The molecule has 2 atom stereocenters. The van der Waals surface area contributed by atoms with Crippen molar-refractivity contribution >= 4 is 58.5 Å². The van der Waals surface area contributed by atoms with Gasteiger partial charge in [-0.2, -0.15) is 0 Å². The molecular formula is C61H94Mg2N4O5+4. The van der Waals surface area contributed by atoms with E-state index >= 15 is 0 Å². The Labute approximate surface area is 469 Å². The van der Waals surface area contributed by atoms with Crippen LogP contribution in [0.2, 0.25) is 0 Å². The third-order valence-electron chi connectivity index (χ3n) is 13.2. The van der Waals surface area contributed by atoms with E-state index in [1.165, 1.54) is 28.0 Å². The van der Waals surface area contributed by atoms with Crippen molar-refractivity contribution in [3.05, 3.63) is 122 Å². The molecule has 72 heavy (non-hydrogen) atoms. The number of aryl methyl sites for hydroxylation is 1. The van der Waals surface area contributed by atoms with Crippen LogP contribution in [0.4, 0.5) is 0 Å². The van der Waals surface area contributed by atoms with Crippen LogP contribution < -0.4 is 40.2 Å². The molecule has 1 saturated heterocycles. The van der Waals surface area contributed by atoms with Gasteiger partial charge in [0, 0.05) is 24.8 Å². The van der Waals surface area contributed by atoms with E-state index in [-0.39, 0.29) is 109 Å². The van der Waals surface area contributed by atoms with Gasteiger partial charge in [0.25, 0.3) is 0 Å². The summed E-state index contributed by atoms with van der Waals surface area (Å²) in [5.74, 6) is 0.302. The van der Waals surface area contributed by atoms with Crippen LogP contribution in [0, 0.1) is 6.92 Å². The summed E-state index contributed by atoms with van der Waals surface area (Å²) in [4.78, 5) is 9.77. The third kappa shape index (κ3) is 19.6. The van der Waals surface area contributed by atoms with Gasteiger partial charge in [0.1, 0.15) is 26.2 Å². The van der Waals surface area contributed by atoms with Gasteiger partial charge in [0.05, 0.1) is 5.56 Å². The predicted octanol–water partition coefficient (Wildman–Crippen LogP) is 3.10. The molecule has 5 rings (SSSR count). The summed E-state index contributed by atoms with van der Waals surface area (Å²) >= 11 is 0. The summed E-state index contributed by atoms with van der Waals surface area (Å²) in [6.07, 6.45) is 3.75. The minimum absolute atomic E-state index is 0. The first-order valence-electron chi connectivity index (χ1n) is 25.6. The molecule has 1 aliphatic rings. The van der Waals surface area contributed by atoms with E-state index in [1.807, 2.05) is 42.8 Å². The smallest absolute Gasteiger partial charge is 0.872 e. The van der Waals surface area contributed by atoms with Crippen molar-refractivity contribution in [2.45, 2.75) is 170 Å². The van der Waals surface area contributed by atoms with Crippen LogP contribution >= 0.6 is 0 Å². The van der Waals surface area contributed by atoms with E-state index in [1.54, 1.807) is 0 Å². The average Bonchev–Trinajstić information content (AvgIpc) is 3.62. The first-order chi connectivity index (χ1) is 32.1. The second-order valence-electron chi connectivity index (χ2n) is 25.6. The zero-order valence-corrected chi connectivity index (χ0v) is 51.5. The van der Waals surface area contributed by atoms with Crippen LogP contribution in [0.3, 0.4) is 0 Å². The molecule has 0 amide bonds. The molecule has 0 aromatic heterocycles. The Morgan fingerprint density at radius 2 is 0.875 bits per heavy atom. The van der Waals surface area contributed by atoms with Crippen LogP contribution in [-0.4, -0.2) is 118 Å². The maximum atomic E-state index is 14.6. The van der Waals surface area contributed by atoms with E-state index in [0.29, 0.717) is 30.8 Å². The fraction of sp³-hybridized carbons (Fsp3) is 0.574. The second kappa shape index (κ2) is 27.7. The SMILES string of the molecule is CC(C)(C)c1cc(C=[NH+]CC[NH+]2CC[NH+](CC[NH+]=Cc3cc(C(C)(C)C)cc(C(C)(C)C)c3[O-])C2c2cc(C(C)(C)C)cc(C(C)(C)C)c2[O-])c([O-])c(C(C)(C)C)c1.COCC[O-].Cc1ccccc1.[Mg+2].[Mg+2]. The maximum Gasteiger partial charge on any atom is 2.00 e. The molecule has 1 fully saturated rings. The number of hydrogen-bond donors (Lipinski definition) is 4.